The van der Waals surface area contributed by atoms with Crippen molar-refractivity contribution < 1.29 is 9.72 Å². The fourth-order valence-corrected chi connectivity index (χ4v) is 7.43. The predicted octanol–water partition coefficient (Wildman–Crippen LogP) is 6.47. The summed E-state index contributed by atoms with van der Waals surface area (Å²) in [7, 11) is -2.64. The molecule has 0 saturated carbocycles. The second-order valence-corrected chi connectivity index (χ2v) is 14.3. The molecule has 4 aromatic carbocycles. The van der Waals surface area contributed by atoms with Crippen LogP contribution >= 0.6 is 15.9 Å². The van der Waals surface area contributed by atoms with E-state index in [1.54, 1.807) is 0 Å². The van der Waals surface area contributed by atoms with E-state index in [4.69, 9.17) is 0 Å². The molecule has 0 N–H and O–H groups in total. The standard InChI is InChI=1S/C28H26BrNO3Si/c1-34(2,23-11-4-3-5-12-23)28(31)27(25-14-8-10-20-9-6-7-13-24(20)25)26(19-30(32)33)21-15-17-22(29)18-16-21/h3-18,26-27H,19H2,1-2H3/t26-,27+/m0/s1. The molecule has 6 heteroatoms. The van der Waals surface area contributed by atoms with Crippen LogP contribution in [-0.4, -0.2) is 24.9 Å². The number of carbonyl (C=O) groups excluding carboxylic acids is 1. The van der Waals surface area contributed by atoms with Crippen LogP contribution in [0.2, 0.25) is 13.1 Å². The Labute approximate surface area is 208 Å². The Morgan fingerprint density at radius 1 is 0.882 bits per heavy atom. The van der Waals surface area contributed by atoms with E-state index in [1.807, 2.05) is 110 Å². The van der Waals surface area contributed by atoms with Crippen LogP contribution in [0, 0.1) is 10.1 Å². The number of hydrogen-bond acceptors (Lipinski definition) is 3. The van der Waals surface area contributed by atoms with Crippen molar-refractivity contribution in [3.63, 3.8) is 0 Å². The van der Waals surface area contributed by atoms with E-state index >= 15 is 0 Å². The minimum absolute atomic E-state index is 0.102. The monoisotopic (exact) mass is 531 g/mol. The SMILES string of the molecule is C[Si](C)(C(=O)[C@H](c1cccc2ccccc12)[C@@H](C[N+](=O)[O-])c1ccc(Br)cc1)c1ccccc1. The van der Waals surface area contributed by atoms with Crippen molar-refractivity contribution in [1.29, 1.82) is 0 Å². The Bertz CT molecular complexity index is 1320. The first kappa shape index (κ1) is 24.0. The number of hydrogen-bond donors (Lipinski definition) is 0. The van der Waals surface area contributed by atoms with Crippen LogP contribution < -0.4 is 5.19 Å². The zero-order valence-corrected chi connectivity index (χ0v) is 21.7. The lowest BCUT2D eigenvalue weighted by Gasteiger charge is -2.32. The number of benzene rings is 4. The third-order valence-corrected chi connectivity index (χ3v) is 10.4. The Balaban J connectivity index is 1.95. The molecule has 0 amide bonds. The molecular weight excluding hydrogens is 506 g/mol. The van der Waals surface area contributed by atoms with Crippen LogP contribution in [-0.2, 0) is 4.79 Å². The summed E-state index contributed by atoms with van der Waals surface area (Å²) in [4.78, 5) is 26.1. The van der Waals surface area contributed by atoms with Crippen molar-refractivity contribution >= 4 is 45.4 Å². The maximum Gasteiger partial charge on any atom is 0.211 e. The van der Waals surface area contributed by atoms with E-state index in [0.717, 1.165) is 31.6 Å². The number of fused-ring (bicyclic) bond motifs is 1. The molecule has 4 nitrogen and oxygen atoms in total. The summed E-state index contributed by atoms with van der Waals surface area (Å²) in [6.07, 6.45) is 0. The van der Waals surface area contributed by atoms with Gasteiger partial charge in [0.2, 0.25) is 6.54 Å². The minimum Gasteiger partial charge on any atom is -0.304 e. The molecule has 0 aliphatic carbocycles. The van der Waals surface area contributed by atoms with Gasteiger partial charge in [0.25, 0.3) is 0 Å². The number of nitrogens with zero attached hydrogens (tertiary/aromatic N) is 1. The fourth-order valence-electron chi connectivity index (χ4n) is 4.72. The maximum absolute atomic E-state index is 14.5. The summed E-state index contributed by atoms with van der Waals surface area (Å²) in [6.45, 7) is 3.78. The van der Waals surface area contributed by atoms with Crippen molar-refractivity contribution in [1.82, 2.24) is 0 Å². The zero-order valence-electron chi connectivity index (χ0n) is 19.1. The van der Waals surface area contributed by atoms with Gasteiger partial charge in [0.15, 0.2) is 8.07 Å². The van der Waals surface area contributed by atoms with Crippen LogP contribution in [0.4, 0.5) is 0 Å². The second kappa shape index (κ2) is 10.0. The molecule has 0 radical (unpaired) electrons. The zero-order chi connectivity index (χ0) is 24.3. The average Bonchev–Trinajstić information content (AvgIpc) is 2.84. The van der Waals surface area contributed by atoms with E-state index in [-0.39, 0.29) is 16.9 Å². The van der Waals surface area contributed by atoms with Gasteiger partial charge in [0, 0.05) is 9.40 Å². The molecule has 172 valence electrons. The quantitative estimate of drug-likeness (QED) is 0.149. The van der Waals surface area contributed by atoms with E-state index in [0.29, 0.717) is 0 Å². The average molecular weight is 533 g/mol. The lowest BCUT2D eigenvalue weighted by Crippen LogP contribution is -2.53. The molecule has 34 heavy (non-hydrogen) atoms. The normalized spacial score (nSPS) is 13.4. The van der Waals surface area contributed by atoms with E-state index in [9.17, 15) is 14.9 Å². The lowest BCUT2D eigenvalue weighted by molar-refractivity contribution is -0.483. The molecule has 0 aliphatic rings. The number of carbonyl (C=O) groups is 1. The van der Waals surface area contributed by atoms with Gasteiger partial charge in [-0.3, -0.25) is 10.1 Å². The number of nitro groups is 1. The van der Waals surface area contributed by atoms with Gasteiger partial charge >= 0.3 is 0 Å². The van der Waals surface area contributed by atoms with Crippen molar-refractivity contribution in [2.45, 2.75) is 24.9 Å². The van der Waals surface area contributed by atoms with Gasteiger partial charge in [-0.1, -0.05) is 119 Å². The molecule has 4 aromatic rings. The van der Waals surface area contributed by atoms with Crippen molar-refractivity contribution in [2.75, 3.05) is 6.54 Å². The first-order valence-corrected chi connectivity index (χ1v) is 15.0. The first-order valence-electron chi connectivity index (χ1n) is 11.2. The van der Waals surface area contributed by atoms with Crippen LogP contribution in [0.1, 0.15) is 23.0 Å². The van der Waals surface area contributed by atoms with Crippen molar-refractivity contribution in [3.05, 3.63) is 123 Å². The van der Waals surface area contributed by atoms with Gasteiger partial charge in [-0.15, -0.1) is 0 Å². The van der Waals surface area contributed by atoms with Crippen LogP contribution in [0.5, 0.6) is 0 Å². The Hall–Kier alpha value is -3.09. The molecule has 0 heterocycles. The van der Waals surface area contributed by atoms with E-state index in [1.165, 1.54) is 0 Å². The highest BCUT2D eigenvalue weighted by Gasteiger charge is 2.44. The van der Waals surface area contributed by atoms with Gasteiger partial charge in [-0.05, 0) is 34.0 Å². The van der Waals surface area contributed by atoms with E-state index < -0.39 is 19.9 Å². The Morgan fingerprint density at radius 2 is 1.50 bits per heavy atom. The molecule has 0 unspecified atom stereocenters. The van der Waals surface area contributed by atoms with Gasteiger partial charge < -0.3 is 4.79 Å². The molecule has 0 fully saturated rings. The summed E-state index contributed by atoms with van der Waals surface area (Å²) in [5.41, 5.74) is 1.65. The highest BCUT2D eigenvalue weighted by Crippen LogP contribution is 2.40. The summed E-state index contributed by atoms with van der Waals surface area (Å²) < 4.78 is 0.892. The summed E-state index contributed by atoms with van der Waals surface area (Å²) in [5.74, 6) is -1.23. The summed E-state index contributed by atoms with van der Waals surface area (Å²) >= 11 is 3.46. The van der Waals surface area contributed by atoms with Gasteiger partial charge in [-0.2, -0.15) is 0 Å². The molecule has 0 saturated heterocycles. The third kappa shape index (κ3) is 4.88. The van der Waals surface area contributed by atoms with Crippen LogP contribution in [0.15, 0.2) is 102 Å². The molecule has 0 aliphatic heterocycles. The van der Waals surface area contributed by atoms with Gasteiger partial charge in [0.05, 0.1) is 11.8 Å². The maximum atomic E-state index is 14.5. The highest BCUT2D eigenvalue weighted by molar-refractivity contribution is 9.10. The molecule has 4 rings (SSSR count). The highest BCUT2D eigenvalue weighted by atomic mass is 79.9. The number of rotatable bonds is 8. The van der Waals surface area contributed by atoms with E-state index in [2.05, 4.69) is 15.9 Å². The van der Waals surface area contributed by atoms with Crippen molar-refractivity contribution in [2.24, 2.45) is 0 Å². The topological polar surface area (TPSA) is 60.2 Å². The molecule has 0 bridgehead atoms. The Morgan fingerprint density at radius 3 is 2.18 bits per heavy atom. The molecule has 0 spiro atoms. The minimum atomic E-state index is -2.64. The van der Waals surface area contributed by atoms with Crippen LogP contribution in [0.25, 0.3) is 10.8 Å². The predicted molar refractivity (Wildman–Crippen MR) is 144 cm³/mol. The smallest absolute Gasteiger partial charge is 0.211 e. The van der Waals surface area contributed by atoms with Crippen LogP contribution in [0.3, 0.4) is 0 Å². The third-order valence-electron chi connectivity index (χ3n) is 6.60. The molecule has 0 aromatic heterocycles. The molecule has 2 atom stereocenters. The molecular formula is C28H26BrNO3Si. The first-order chi connectivity index (χ1) is 16.3. The number of halogens is 1. The van der Waals surface area contributed by atoms with Gasteiger partial charge in [0.1, 0.15) is 5.41 Å². The lowest BCUT2D eigenvalue weighted by atomic mass is 9.80. The second-order valence-electron chi connectivity index (χ2n) is 9.07. The fraction of sp³-hybridized carbons (Fsp3) is 0.179. The van der Waals surface area contributed by atoms with Crippen molar-refractivity contribution in [3.8, 4) is 0 Å². The summed E-state index contributed by atoms with van der Waals surface area (Å²) in [5, 5.41) is 15.0. The van der Waals surface area contributed by atoms with Gasteiger partial charge in [-0.25, -0.2) is 0 Å². The summed E-state index contributed by atoms with van der Waals surface area (Å²) in [6, 6.07) is 31.3. The largest absolute Gasteiger partial charge is 0.304 e. The Kier molecular flexibility index (Phi) is 7.10.